The van der Waals surface area contributed by atoms with E-state index in [4.69, 9.17) is 0 Å². The first kappa shape index (κ1) is 20.8. The third-order valence-corrected chi connectivity index (χ3v) is 6.72. The van der Waals surface area contributed by atoms with Gasteiger partial charge in [0.25, 0.3) is 0 Å². The maximum Gasteiger partial charge on any atom is 0.126 e. The smallest absolute Gasteiger partial charge is 0.126 e. The first-order valence-corrected chi connectivity index (χ1v) is 11.4. The molecule has 1 aliphatic rings. The van der Waals surface area contributed by atoms with Gasteiger partial charge in [-0.05, 0) is 73.1 Å². The Morgan fingerprint density at radius 1 is 0.857 bits per heavy atom. The SMILES string of the molecule is CCCCCc1ccc(-c2ccc(C3CCC(C=O)(CCC)CC3)cc2)cc1. The zero-order chi connectivity index (χ0) is 19.8. The molecule has 1 fully saturated rings. The number of rotatable bonds is 9. The maximum atomic E-state index is 11.6. The van der Waals surface area contributed by atoms with E-state index in [0.717, 1.165) is 38.5 Å². The summed E-state index contributed by atoms with van der Waals surface area (Å²) in [6.07, 6.45) is 12.9. The predicted molar refractivity (Wildman–Crippen MR) is 120 cm³/mol. The molecule has 0 atom stereocenters. The largest absolute Gasteiger partial charge is 0.303 e. The van der Waals surface area contributed by atoms with Gasteiger partial charge >= 0.3 is 0 Å². The Bertz CT molecular complexity index is 718. The second-order valence-electron chi connectivity index (χ2n) is 8.78. The monoisotopic (exact) mass is 376 g/mol. The van der Waals surface area contributed by atoms with Gasteiger partial charge in [0.1, 0.15) is 6.29 Å². The highest BCUT2D eigenvalue weighted by atomic mass is 16.1. The van der Waals surface area contributed by atoms with Crippen molar-refractivity contribution in [3.05, 3.63) is 59.7 Å². The Labute approximate surface area is 171 Å². The molecule has 0 spiro atoms. The molecule has 0 aliphatic heterocycles. The Balaban J connectivity index is 1.60. The normalized spacial score (nSPS) is 22.1. The van der Waals surface area contributed by atoms with Gasteiger partial charge in [-0.2, -0.15) is 0 Å². The molecule has 1 saturated carbocycles. The number of carbonyl (C=O) groups is 1. The van der Waals surface area contributed by atoms with E-state index in [0.29, 0.717) is 5.92 Å². The molecule has 1 nitrogen and oxygen atoms in total. The average Bonchev–Trinajstić information content (AvgIpc) is 2.75. The topological polar surface area (TPSA) is 17.1 Å². The maximum absolute atomic E-state index is 11.6. The first-order chi connectivity index (χ1) is 13.7. The molecule has 0 radical (unpaired) electrons. The highest BCUT2D eigenvalue weighted by Gasteiger charge is 2.34. The second kappa shape index (κ2) is 10.0. The number of aldehydes is 1. The van der Waals surface area contributed by atoms with Gasteiger partial charge in [0.15, 0.2) is 0 Å². The molecule has 0 unspecified atom stereocenters. The lowest BCUT2D eigenvalue weighted by atomic mass is 9.68. The fraction of sp³-hybridized carbons (Fsp3) is 0.519. The minimum atomic E-state index is -0.0376. The summed E-state index contributed by atoms with van der Waals surface area (Å²) >= 11 is 0. The van der Waals surface area contributed by atoms with Crippen LogP contribution in [0.25, 0.3) is 11.1 Å². The van der Waals surface area contributed by atoms with E-state index in [1.54, 1.807) is 0 Å². The van der Waals surface area contributed by atoms with Crippen LogP contribution in [0.15, 0.2) is 48.5 Å². The van der Waals surface area contributed by atoms with Crippen LogP contribution in [0.3, 0.4) is 0 Å². The highest BCUT2D eigenvalue weighted by Crippen LogP contribution is 2.44. The molecule has 0 aromatic heterocycles. The number of hydrogen-bond acceptors (Lipinski definition) is 1. The average molecular weight is 377 g/mol. The Kier molecular flexibility index (Phi) is 7.48. The second-order valence-corrected chi connectivity index (χ2v) is 8.78. The molecule has 0 bridgehead atoms. The molecule has 0 amide bonds. The van der Waals surface area contributed by atoms with Crippen LogP contribution < -0.4 is 0 Å². The number of unbranched alkanes of at least 4 members (excludes halogenated alkanes) is 2. The zero-order valence-corrected chi connectivity index (χ0v) is 17.8. The van der Waals surface area contributed by atoms with E-state index in [9.17, 15) is 4.79 Å². The van der Waals surface area contributed by atoms with E-state index in [1.807, 2.05) is 0 Å². The van der Waals surface area contributed by atoms with Crippen LogP contribution in [-0.4, -0.2) is 6.29 Å². The molecular formula is C27H36O. The summed E-state index contributed by atoms with van der Waals surface area (Å²) in [5, 5.41) is 0. The standard InChI is InChI=1S/C27H36O/c1-3-5-6-7-22-8-10-23(11-9-22)24-12-14-25(15-13-24)26-16-19-27(21-28,18-4-2)20-17-26/h8-15,21,26H,3-7,16-20H2,1-2H3. The molecule has 1 heteroatoms. The van der Waals surface area contributed by atoms with Crippen LogP contribution in [0.1, 0.15) is 88.7 Å². The van der Waals surface area contributed by atoms with Crippen LogP contribution >= 0.6 is 0 Å². The Hall–Kier alpha value is -1.89. The van der Waals surface area contributed by atoms with Crippen molar-refractivity contribution >= 4 is 6.29 Å². The van der Waals surface area contributed by atoms with Crippen molar-refractivity contribution in [1.82, 2.24) is 0 Å². The van der Waals surface area contributed by atoms with Gasteiger partial charge in [0.05, 0.1) is 0 Å². The molecule has 1 aliphatic carbocycles. The lowest BCUT2D eigenvalue weighted by molar-refractivity contribution is -0.118. The third kappa shape index (κ3) is 5.13. The number of hydrogen-bond donors (Lipinski definition) is 0. The van der Waals surface area contributed by atoms with Crippen LogP contribution in [0, 0.1) is 5.41 Å². The Morgan fingerprint density at radius 3 is 2.00 bits per heavy atom. The molecule has 0 N–H and O–H groups in total. The van der Waals surface area contributed by atoms with E-state index >= 15 is 0 Å². The van der Waals surface area contributed by atoms with Crippen molar-refractivity contribution in [2.45, 2.75) is 84.0 Å². The van der Waals surface area contributed by atoms with E-state index in [1.165, 1.54) is 54.2 Å². The van der Waals surface area contributed by atoms with Crippen LogP contribution in [0.5, 0.6) is 0 Å². The van der Waals surface area contributed by atoms with Crippen molar-refractivity contribution in [3.63, 3.8) is 0 Å². The van der Waals surface area contributed by atoms with Crippen molar-refractivity contribution < 1.29 is 4.79 Å². The van der Waals surface area contributed by atoms with Crippen molar-refractivity contribution in [3.8, 4) is 11.1 Å². The lowest BCUT2D eigenvalue weighted by Gasteiger charge is -2.36. The first-order valence-electron chi connectivity index (χ1n) is 11.4. The van der Waals surface area contributed by atoms with Crippen LogP contribution in [0.2, 0.25) is 0 Å². The fourth-order valence-corrected chi connectivity index (χ4v) is 4.84. The molecule has 2 aromatic rings. The minimum absolute atomic E-state index is 0.0376. The van der Waals surface area contributed by atoms with E-state index < -0.39 is 0 Å². The summed E-state index contributed by atoms with van der Waals surface area (Å²) in [5.41, 5.74) is 5.45. The summed E-state index contributed by atoms with van der Waals surface area (Å²) in [7, 11) is 0. The molecule has 150 valence electrons. The van der Waals surface area contributed by atoms with Crippen molar-refractivity contribution in [2.24, 2.45) is 5.41 Å². The van der Waals surface area contributed by atoms with Gasteiger partial charge in [-0.1, -0.05) is 81.6 Å². The van der Waals surface area contributed by atoms with Crippen molar-refractivity contribution in [2.75, 3.05) is 0 Å². The lowest BCUT2D eigenvalue weighted by Crippen LogP contribution is -2.28. The third-order valence-electron chi connectivity index (χ3n) is 6.72. The van der Waals surface area contributed by atoms with Crippen LogP contribution in [0.4, 0.5) is 0 Å². The minimum Gasteiger partial charge on any atom is -0.303 e. The quantitative estimate of drug-likeness (QED) is 0.323. The predicted octanol–water partition coefficient (Wildman–Crippen LogP) is 7.73. The highest BCUT2D eigenvalue weighted by molar-refractivity contribution is 5.64. The molecule has 3 rings (SSSR count). The summed E-state index contributed by atoms with van der Waals surface area (Å²) in [6.45, 7) is 4.44. The number of benzene rings is 2. The summed E-state index contributed by atoms with van der Waals surface area (Å²) in [6, 6.07) is 18.3. The zero-order valence-electron chi connectivity index (χ0n) is 17.8. The van der Waals surface area contributed by atoms with E-state index in [-0.39, 0.29) is 5.41 Å². The van der Waals surface area contributed by atoms with Crippen LogP contribution in [-0.2, 0) is 11.2 Å². The molecule has 2 aromatic carbocycles. The summed E-state index contributed by atoms with van der Waals surface area (Å²) in [5.74, 6) is 0.611. The van der Waals surface area contributed by atoms with Gasteiger partial charge in [-0.15, -0.1) is 0 Å². The fourth-order valence-electron chi connectivity index (χ4n) is 4.84. The van der Waals surface area contributed by atoms with Gasteiger partial charge in [0, 0.05) is 5.41 Å². The molecule has 0 heterocycles. The van der Waals surface area contributed by atoms with E-state index in [2.05, 4.69) is 62.4 Å². The number of aryl methyl sites for hydroxylation is 1. The summed E-state index contributed by atoms with van der Waals surface area (Å²) < 4.78 is 0. The van der Waals surface area contributed by atoms with Gasteiger partial charge in [0.2, 0.25) is 0 Å². The van der Waals surface area contributed by atoms with Gasteiger partial charge in [-0.25, -0.2) is 0 Å². The van der Waals surface area contributed by atoms with Gasteiger partial charge in [-0.3, -0.25) is 0 Å². The molecular weight excluding hydrogens is 340 g/mol. The summed E-state index contributed by atoms with van der Waals surface area (Å²) in [4.78, 5) is 11.6. The Morgan fingerprint density at radius 2 is 1.46 bits per heavy atom. The molecule has 28 heavy (non-hydrogen) atoms. The van der Waals surface area contributed by atoms with Crippen molar-refractivity contribution in [1.29, 1.82) is 0 Å². The van der Waals surface area contributed by atoms with Gasteiger partial charge < -0.3 is 4.79 Å². The number of carbonyl (C=O) groups excluding carboxylic acids is 1. The molecule has 0 saturated heterocycles.